The van der Waals surface area contributed by atoms with Crippen LogP contribution in [0.5, 0.6) is 0 Å². The van der Waals surface area contributed by atoms with Gasteiger partial charge in [-0.3, -0.25) is 0 Å². The van der Waals surface area contributed by atoms with E-state index < -0.39 is 17.4 Å². The molecular formula is C12H26O2Ti. The van der Waals surface area contributed by atoms with Crippen molar-refractivity contribution in [3.63, 3.8) is 0 Å². The Bertz CT molecular complexity index is 170. The zero-order chi connectivity index (χ0) is 11.7. The van der Waals surface area contributed by atoms with E-state index in [4.69, 9.17) is 6.64 Å². The van der Waals surface area contributed by atoms with Crippen molar-refractivity contribution in [3.8, 4) is 0 Å². The molecule has 3 heteroatoms. The van der Waals surface area contributed by atoms with Gasteiger partial charge in [-0.05, 0) is 0 Å². The summed E-state index contributed by atoms with van der Waals surface area (Å²) in [5.41, 5.74) is 0. The third-order valence-electron chi connectivity index (χ3n) is 2.53. The van der Waals surface area contributed by atoms with Crippen molar-refractivity contribution >= 4 is 0 Å². The summed E-state index contributed by atoms with van der Waals surface area (Å²) in [5.74, 6) is 0. The maximum absolute atomic E-state index is 5.94. The van der Waals surface area contributed by atoms with Crippen molar-refractivity contribution in [2.75, 3.05) is 13.2 Å². The molecule has 2 nitrogen and oxygen atoms in total. The molecule has 0 amide bonds. The van der Waals surface area contributed by atoms with Crippen molar-refractivity contribution < 1.29 is 24.0 Å². The summed E-state index contributed by atoms with van der Waals surface area (Å²) >= 11 is -2.62. The molecule has 0 spiro atoms. The molecule has 0 aromatic rings. The van der Waals surface area contributed by atoms with E-state index in [1.54, 1.807) is 0 Å². The van der Waals surface area contributed by atoms with Crippen molar-refractivity contribution in [2.24, 2.45) is 0 Å². The molecule has 0 fully saturated rings. The Balaban J connectivity index is 4.01. The van der Waals surface area contributed by atoms with E-state index in [0.29, 0.717) is 0 Å². The van der Waals surface area contributed by atoms with Crippen LogP contribution < -0.4 is 0 Å². The first-order valence-corrected chi connectivity index (χ1v) is 9.62. The van der Waals surface area contributed by atoms with Crippen molar-refractivity contribution in [2.45, 2.75) is 51.7 Å². The fraction of sp³-hybridized carbons (Fsp3) is 0.833. The van der Waals surface area contributed by atoms with E-state index in [9.17, 15) is 0 Å². The molecule has 0 heterocycles. The van der Waals surface area contributed by atoms with Gasteiger partial charge >= 0.3 is 99.4 Å². The summed E-state index contributed by atoms with van der Waals surface area (Å²) in [4.78, 5) is 0. The molecule has 0 radical (unpaired) electrons. The van der Waals surface area contributed by atoms with Crippen LogP contribution in [0.3, 0.4) is 0 Å². The number of rotatable bonds is 9. The SMILES string of the molecule is C=[C](C)[Ti]([CH3])([O]CCCC)[O]CCCC. The van der Waals surface area contributed by atoms with Crippen LogP contribution in [-0.4, -0.2) is 13.2 Å². The molecule has 15 heavy (non-hydrogen) atoms. The van der Waals surface area contributed by atoms with E-state index in [-0.39, 0.29) is 0 Å². The minimum absolute atomic E-state index is 0.825. The monoisotopic (exact) mass is 250 g/mol. The van der Waals surface area contributed by atoms with Gasteiger partial charge in [-0.25, -0.2) is 0 Å². The van der Waals surface area contributed by atoms with Gasteiger partial charge in [0.25, 0.3) is 0 Å². The predicted octanol–water partition coefficient (Wildman–Crippen LogP) is 4.19. The van der Waals surface area contributed by atoms with Crippen LogP contribution in [0.2, 0.25) is 5.23 Å². The Morgan fingerprint density at radius 1 is 1.07 bits per heavy atom. The second-order valence-electron chi connectivity index (χ2n) is 4.13. The van der Waals surface area contributed by atoms with Crippen LogP contribution in [0.15, 0.2) is 10.5 Å². The van der Waals surface area contributed by atoms with Crippen LogP contribution in [-0.2, 0) is 24.0 Å². The Morgan fingerprint density at radius 2 is 1.47 bits per heavy atom. The van der Waals surface area contributed by atoms with Gasteiger partial charge in [0.2, 0.25) is 0 Å². The molecule has 0 aromatic carbocycles. The summed E-state index contributed by atoms with van der Waals surface area (Å²) in [5, 5.41) is 2.15. The van der Waals surface area contributed by atoms with E-state index >= 15 is 0 Å². The molecule has 0 saturated carbocycles. The van der Waals surface area contributed by atoms with E-state index in [1.807, 2.05) is 6.92 Å². The molecular weight excluding hydrogens is 224 g/mol. The first kappa shape index (κ1) is 15.4. The summed E-state index contributed by atoms with van der Waals surface area (Å²) in [6.45, 7) is 12.1. The molecule has 0 aliphatic rings. The molecule has 0 saturated heterocycles. The van der Waals surface area contributed by atoms with Crippen LogP contribution in [0.25, 0.3) is 0 Å². The fourth-order valence-corrected chi connectivity index (χ4v) is 3.68. The van der Waals surface area contributed by atoms with Crippen LogP contribution in [0.1, 0.15) is 46.5 Å². The van der Waals surface area contributed by atoms with E-state index in [0.717, 1.165) is 29.9 Å². The average Bonchev–Trinajstić information content (AvgIpc) is 2.18. The first-order chi connectivity index (χ1) is 7.06. The molecule has 0 aliphatic carbocycles. The Labute approximate surface area is 99.4 Å². The Hall–Kier alpha value is 0.374. The Kier molecular flexibility index (Phi) is 8.73. The third-order valence-corrected chi connectivity index (χ3v) is 7.31. The molecule has 0 unspecified atom stereocenters. The summed E-state index contributed by atoms with van der Waals surface area (Å²) in [6.07, 6.45) is 4.57. The molecule has 0 rings (SSSR count). The van der Waals surface area contributed by atoms with Gasteiger partial charge in [-0.15, -0.1) is 0 Å². The summed E-state index contributed by atoms with van der Waals surface area (Å²) < 4.78 is 13.0. The molecule has 0 aromatic heterocycles. The van der Waals surface area contributed by atoms with Gasteiger partial charge in [0.1, 0.15) is 0 Å². The maximum atomic E-state index is 5.94. The number of allylic oxidation sites excluding steroid dienone is 1. The van der Waals surface area contributed by atoms with Crippen LogP contribution in [0.4, 0.5) is 0 Å². The molecule has 0 aliphatic heterocycles. The van der Waals surface area contributed by atoms with Crippen LogP contribution in [0, 0.1) is 0 Å². The van der Waals surface area contributed by atoms with Gasteiger partial charge < -0.3 is 0 Å². The molecule has 0 N–H and O–H groups in total. The summed E-state index contributed by atoms with van der Waals surface area (Å²) in [6, 6.07) is 0. The molecule has 0 bridgehead atoms. The quantitative estimate of drug-likeness (QED) is 0.451. The van der Waals surface area contributed by atoms with Gasteiger partial charge in [0, 0.05) is 0 Å². The topological polar surface area (TPSA) is 18.5 Å². The van der Waals surface area contributed by atoms with Crippen molar-refractivity contribution in [1.82, 2.24) is 0 Å². The zero-order valence-corrected chi connectivity index (χ0v) is 12.3. The second-order valence-corrected chi connectivity index (χ2v) is 9.32. The standard InChI is InChI=1S/2C4H9O.C3H5.CH3.Ti/c2*1-2-3-4-5;1-3-2;;/h2*2-4H2,1H3;1H2,2H3;1H3;/q2*-1;;;+2. The number of hydrogen-bond acceptors (Lipinski definition) is 2. The second kappa shape index (κ2) is 8.52. The number of hydrogen-bond donors (Lipinski definition) is 0. The molecule has 90 valence electrons. The van der Waals surface area contributed by atoms with Crippen molar-refractivity contribution in [1.29, 1.82) is 0 Å². The van der Waals surface area contributed by atoms with E-state index in [1.165, 1.54) is 12.8 Å². The minimum atomic E-state index is -2.62. The third kappa shape index (κ3) is 6.52. The normalized spacial score (nSPS) is 11.7. The van der Waals surface area contributed by atoms with Gasteiger partial charge in [-0.1, -0.05) is 0 Å². The average molecular weight is 250 g/mol. The van der Waals surface area contributed by atoms with Gasteiger partial charge in [-0.2, -0.15) is 0 Å². The summed E-state index contributed by atoms with van der Waals surface area (Å²) in [7, 11) is 0. The zero-order valence-electron chi connectivity index (χ0n) is 10.8. The fourth-order valence-electron chi connectivity index (χ4n) is 1.11. The van der Waals surface area contributed by atoms with Crippen molar-refractivity contribution in [3.05, 3.63) is 10.5 Å². The van der Waals surface area contributed by atoms with Crippen LogP contribution >= 0.6 is 0 Å². The predicted molar refractivity (Wildman–Crippen MR) is 62.4 cm³/mol. The number of unbranched alkanes of at least 4 members (excludes halogenated alkanes) is 2. The first-order valence-electron chi connectivity index (χ1n) is 6.00. The molecule has 0 atom stereocenters. The Morgan fingerprint density at radius 3 is 1.73 bits per heavy atom. The van der Waals surface area contributed by atoms with Gasteiger partial charge in [0.15, 0.2) is 0 Å². The van der Waals surface area contributed by atoms with E-state index in [2.05, 4.69) is 25.7 Å². The van der Waals surface area contributed by atoms with Gasteiger partial charge in [0.05, 0.1) is 0 Å².